The molecule has 0 radical (unpaired) electrons. The van der Waals surface area contributed by atoms with E-state index in [9.17, 15) is 0 Å². The van der Waals surface area contributed by atoms with E-state index in [0.717, 1.165) is 36.1 Å². The molecule has 1 aromatic carbocycles. The zero-order valence-electron chi connectivity index (χ0n) is 13.0. The molecule has 21 heavy (non-hydrogen) atoms. The molecule has 0 spiro atoms. The van der Waals surface area contributed by atoms with Gasteiger partial charge in [0, 0.05) is 12.0 Å². The summed E-state index contributed by atoms with van der Waals surface area (Å²) >= 11 is 6.21. The van der Waals surface area contributed by atoms with Crippen LogP contribution in [0, 0.1) is 0 Å². The van der Waals surface area contributed by atoms with E-state index in [1.54, 1.807) is 0 Å². The van der Waals surface area contributed by atoms with E-state index in [-0.39, 0.29) is 12.1 Å². The molecule has 2 rings (SSSR count). The number of fused-ring (bicyclic) bond motifs is 1. The van der Waals surface area contributed by atoms with Crippen LogP contribution in [0.4, 0.5) is 0 Å². The molecule has 1 aromatic heterocycles. The predicted molar refractivity (Wildman–Crippen MR) is 88.0 cm³/mol. The molecular formula is C17H24ClNO2. The van der Waals surface area contributed by atoms with E-state index < -0.39 is 0 Å². The molecule has 1 heterocycles. The van der Waals surface area contributed by atoms with Crippen LogP contribution >= 0.6 is 11.6 Å². The van der Waals surface area contributed by atoms with Crippen LogP contribution in [0.3, 0.4) is 0 Å². The molecule has 116 valence electrons. The van der Waals surface area contributed by atoms with Gasteiger partial charge in [0.15, 0.2) is 5.58 Å². The van der Waals surface area contributed by atoms with Gasteiger partial charge in [0.1, 0.15) is 5.76 Å². The predicted octanol–water partition coefficient (Wildman–Crippen LogP) is 4.94. The van der Waals surface area contributed by atoms with Crippen molar-refractivity contribution in [2.45, 2.75) is 45.8 Å². The first kappa shape index (κ1) is 16.3. The summed E-state index contributed by atoms with van der Waals surface area (Å²) in [6.07, 6.45) is 2.10. The van der Waals surface area contributed by atoms with Crippen LogP contribution in [0.15, 0.2) is 28.7 Å². The summed E-state index contributed by atoms with van der Waals surface area (Å²) < 4.78 is 11.9. The van der Waals surface area contributed by atoms with Crippen LogP contribution in [-0.2, 0) is 4.74 Å². The molecule has 4 heteroatoms. The normalized spacial score (nSPS) is 14.5. The van der Waals surface area contributed by atoms with Crippen LogP contribution in [0.1, 0.15) is 45.4 Å². The Bertz CT molecular complexity index is 567. The largest absolute Gasteiger partial charge is 0.458 e. The summed E-state index contributed by atoms with van der Waals surface area (Å²) in [5.41, 5.74) is 0.754. The first-order chi connectivity index (χ1) is 10.2. The topological polar surface area (TPSA) is 34.4 Å². The Labute approximate surface area is 131 Å². The van der Waals surface area contributed by atoms with Crippen LogP contribution in [0.25, 0.3) is 11.0 Å². The van der Waals surface area contributed by atoms with E-state index in [4.69, 9.17) is 20.8 Å². The fraction of sp³-hybridized carbons (Fsp3) is 0.529. The molecule has 0 aliphatic heterocycles. The van der Waals surface area contributed by atoms with Crippen molar-refractivity contribution in [3.63, 3.8) is 0 Å². The summed E-state index contributed by atoms with van der Waals surface area (Å²) in [5.74, 6) is 0.895. The summed E-state index contributed by atoms with van der Waals surface area (Å²) in [4.78, 5) is 0. The third-order valence-corrected chi connectivity index (χ3v) is 3.89. The van der Waals surface area contributed by atoms with Gasteiger partial charge >= 0.3 is 0 Å². The molecule has 0 aliphatic carbocycles. The highest BCUT2D eigenvalue weighted by atomic mass is 35.5. The third-order valence-electron chi connectivity index (χ3n) is 3.59. The van der Waals surface area contributed by atoms with E-state index in [0.29, 0.717) is 11.6 Å². The summed E-state index contributed by atoms with van der Waals surface area (Å²) in [6.45, 7) is 7.94. The molecule has 0 amide bonds. The quantitative estimate of drug-likeness (QED) is 0.750. The maximum Gasteiger partial charge on any atom is 0.152 e. The van der Waals surface area contributed by atoms with Gasteiger partial charge in [0.25, 0.3) is 0 Å². The SMILES string of the molecule is CCCNC(c1cc2cccc(Cl)c2o1)C(CC)OCC. The average molecular weight is 310 g/mol. The minimum absolute atomic E-state index is 0.0540. The average Bonchev–Trinajstić information content (AvgIpc) is 2.91. The first-order valence-corrected chi connectivity index (χ1v) is 8.11. The van der Waals surface area contributed by atoms with Crippen molar-refractivity contribution in [1.82, 2.24) is 5.32 Å². The van der Waals surface area contributed by atoms with Gasteiger partial charge < -0.3 is 14.5 Å². The van der Waals surface area contributed by atoms with E-state index in [1.807, 2.05) is 25.1 Å². The van der Waals surface area contributed by atoms with Gasteiger partial charge in [0.2, 0.25) is 0 Å². The van der Waals surface area contributed by atoms with Crippen LogP contribution < -0.4 is 5.32 Å². The van der Waals surface area contributed by atoms with Gasteiger partial charge in [-0.2, -0.15) is 0 Å². The Balaban J connectivity index is 2.34. The molecule has 3 nitrogen and oxygen atoms in total. The Hall–Kier alpha value is -1.03. The highest BCUT2D eigenvalue weighted by Crippen LogP contribution is 2.31. The number of rotatable bonds is 8. The van der Waals surface area contributed by atoms with Gasteiger partial charge in [-0.25, -0.2) is 0 Å². The number of hydrogen-bond acceptors (Lipinski definition) is 3. The van der Waals surface area contributed by atoms with Crippen molar-refractivity contribution in [3.05, 3.63) is 35.0 Å². The molecule has 0 bridgehead atoms. The lowest BCUT2D eigenvalue weighted by Gasteiger charge is -2.25. The second-order valence-corrected chi connectivity index (χ2v) is 5.55. The fourth-order valence-corrected chi connectivity index (χ4v) is 2.80. The fourth-order valence-electron chi connectivity index (χ4n) is 2.58. The molecule has 0 saturated heterocycles. The van der Waals surface area contributed by atoms with Crippen molar-refractivity contribution in [3.8, 4) is 0 Å². The maximum atomic E-state index is 6.21. The Morgan fingerprint density at radius 3 is 2.71 bits per heavy atom. The van der Waals surface area contributed by atoms with Gasteiger partial charge in [-0.3, -0.25) is 0 Å². The maximum absolute atomic E-state index is 6.21. The van der Waals surface area contributed by atoms with Crippen molar-refractivity contribution >= 4 is 22.6 Å². The number of para-hydroxylation sites is 1. The van der Waals surface area contributed by atoms with Gasteiger partial charge in [-0.15, -0.1) is 0 Å². The molecule has 2 aromatic rings. The van der Waals surface area contributed by atoms with Crippen LogP contribution in [0.2, 0.25) is 5.02 Å². The minimum Gasteiger partial charge on any atom is -0.458 e. The van der Waals surface area contributed by atoms with E-state index in [1.165, 1.54) is 0 Å². The first-order valence-electron chi connectivity index (χ1n) is 7.74. The standard InChI is InChI=1S/C17H24ClNO2/c1-4-10-19-16(14(5-2)20-6-3)15-11-12-8-7-9-13(18)17(12)21-15/h7-9,11,14,16,19H,4-6,10H2,1-3H3. The number of benzene rings is 1. The number of hydrogen-bond donors (Lipinski definition) is 1. The monoisotopic (exact) mass is 309 g/mol. The Morgan fingerprint density at radius 2 is 2.10 bits per heavy atom. The summed E-state index contributed by atoms with van der Waals surface area (Å²) in [7, 11) is 0. The van der Waals surface area contributed by atoms with Gasteiger partial charge in [-0.05, 0) is 38.4 Å². The number of furan rings is 1. The molecule has 2 atom stereocenters. The number of halogens is 1. The second kappa shape index (κ2) is 7.83. The van der Waals surface area contributed by atoms with Crippen molar-refractivity contribution < 1.29 is 9.15 Å². The zero-order chi connectivity index (χ0) is 15.2. The lowest BCUT2D eigenvalue weighted by molar-refractivity contribution is 0.0263. The van der Waals surface area contributed by atoms with E-state index >= 15 is 0 Å². The van der Waals surface area contributed by atoms with Crippen molar-refractivity contribution in [2.24, 2.45) is 0 Å². The Morgan fingerprint density at radius 1 is 1.29 bits per heavy atom. The molecule has 1 N–H and O–H groups in total. The minimum atomic E-state index is 0.0540. The lowest BCUT2D eigenvalue weighted by atomic mass is 10.1. The van der Waals surface area contributed by atoms with E-state index in [2.05, 4.69) is 25.2 Å². The third kappa shape index (κ3) is 3.79. The summed E-state index contributed by atoms with van der Waals surface area (Å²) in [6, 6.07) is 7.94. The smallest absolute Gasteiger partial charge is 0.152 e. The van der Waals surface area contributed by atoms with Crippen LogP contribution in [0.5, 0.6) is 0 Å². The van der Waals surface area contributed by atoms with Gasteiger partial charge in [-0.1, -0.05) is 37.6 Å². The van der Waals surface area contributed by atoms with Crippen LogP contribution in [-0.4, -0.2) is 19.3 Å². The molecule has 0 aliphatic rings. The van der Waals surface area contributed by atoms with Crippen molar-refractivity contribution in [1.29, 1.82) is 0 Å². The summed E-state index contributed by atoms with van der Waals surface area (Å²) in [5, 5.41) is 5.22. The Kier molecular flexibility index (Phi) is 6.09. The molecule has 0 fully saturated rings. The van der Waals surface area contributed by atoms with Crippen molar-refractivity contribution in [2.75, 3.05) is 13.2 Å². The molecule has 2 unspecified atom stereocenters. The second-order valence-electron chi connectivity index (χ2n) is 5.14. The molecular weight excluding hydrogens is 286 g/mol. The number of ether oxygens (including phenoxy) is 1. The van der Waals surface area contributed by atoms with Gasteiger partial charge in [0.05, 0.1) is 17.2 Å². The zero-order valence-corrected chi connectivity index (χ0v) is 13.7. The highest BCUT2D eigenvalue weighted by Gasteiger charge is 2.25. The highest BCUT2D eigenvalue weighted by molar-refractivity contribution is 6.34. The molecule has 0 saturated carbocycles. The number of nitrogens with one attached hydrogen (secondary N) is 1. The lowest BCUT2D eigenvalue weighted by Crippen LogP contribution is -2.33.